The van der Waals surface area contributed by atoms with E-state index in [4.69, 9.17) is 4.74 Å². The van der Waals surface area contributed by atoms with E-state index in [0.29, 0.717) is 11.6 Å². The SMILES string of the molecule is CCCC1(CN2CCCC(OC)C2)CCCN1. The summed E-state index contributed by atoms with van der Waals surface area (Å²) in [5.74, 6) is 0. The van der Waals surface area contributed by atoms with Crippen molar-refractivity contribution in [2.75, 3.05) is 33.3 Å². The Labute approximate surface area is 106 Å². The van der Waals surface area contributed by atoms with Crippen LogP contribution >= 0.6 is 0 Å². The van der Waals surface area contributed by atoms with Crippen LogP contribution in [0, 0.1) is 0 Å². The molecule has 0 spiro atoms. The third-order valence-corrected chi connectivity index (χ3v) is 4.38. The summed E-state index contributed by atoms with van der Waals surface area (Å²) in [5.41, 5.74) is 0.407. The molecule has 2 rings (SSSR count). The number of likely N-dealkylation sites (tertiary alicyclic amines) is 1. The Balaban J connectivity index is 1.88. The van der Waals surface area contributed by atoms with E-state index in [1.54, 1.807) is 0 Å². The molecule has 0 bridgehead atoms. The fraction of sp³-hybridized carbons (Fsp3) is 1.00. The van der Waals surface area contributed by atoms with E-state index in [9.17, 15) is 0 Å². The van der Waals surface area contributed by atoms with E-state index >= 15 is 0 Å². The van der Waals surface area contributed by atoms with Gasteiger partial charge in [-0.25, -0.2) is 0 Å². The Hall–Kier alpha value is -0.120. The maximum absolute atomic E-state index is 5.52. The number of rotatable bonds is 5. The lowest BCUT2D eigenvalue weighted by atomic mass is 9.90. The maximum Gasteiger partial charge on any atom is 0.0698 e. The van der Waals surface area contributed by atoms with Crippen molar-refractivity contribution in [3.8, 4) is 0 Å². The first-order chi connectivity index (χ1) is 8.28. The lowest BCUT2D eigenvalue weighted by Gasteiger charge is -2.39. The fourth-order valence-corrected chi connectivity index (χ4v) is 3.55. The number of nitrogens with one attached hydrogen (secondary N) is 1. The van der Waals surface area contributed by atoms with Crippen molar-refractivity contribution in [3.05, 3.63) is 0 Å². The molecule has 2 saturated heterocycles. The van der Waals surface area contributed by atoms with Gasteiger partial charge >= 0.3 is 0 Å². The minimum Gasteiger partial charge on any atom is -0.380 e. The largest absolute Gasteiger partial charge is 0.380 e. The molecule has 0 aromatic heterocycles. The second-order valence-corrected chi connectivity index (χ2v) is 5.80. The van der Waals surface area contributed by atoms with Crippen LogP contribution in [0.1, 0.15) is 45.4 Å². The highest BCUT2D eigenvalue weighted by Gasteiger charge is 2.35. The number of methoxy groups -OCH3 is 1. The van der Waals surface area contributed by atoms with Gasteiger partial charge in [-0.3, -0.25) is 4.90 Å². The Morgan fingerprint density at radius 3 is 2.94 bits per heavy atom. The number of ether oxygens (including phenoxy) is 1. The van der Waals surface area contributed by atoms with Crippen LogP contribution in [0.15, 0.2) is 0 Å². The van der Waals surface area contributed by atoms with Crippen molar-refractivity contribution < 1.29 is 4.74 Å². The molecule has 0 amide bonds. The molecule has 2 aliphatic rings. The molecule has 100 valence electrons. The molecular weight excluding hydrogens is 212 g/mol. The Morgan fingerprint density at radius 2 is 2.29 bits per heavy atom. The highest BCUT2D eigenvalue weighted by molar-refractivity contribution is 4.96. The van der Waals surface area contributed by atoms with Crippen molar-refractivity contribution in [1.29, 1.82) is 0 Å². The number of hydrogen-bond donors (Lipinski definition) is 1. The van der Waals surface area contributed by atoms with E-state index in [-0.39, 0.29) is 0 Å². The molecule has 2 aliphatic heterocycles. The van der Waals surface area contributed by atoms with Crippen LogP contribution in [-0.4, -0.2) is 49.8 Å². The summed E-state index contributed by atoms with van der Waals surface area (Å²) in [5, 5.41) is 3.77. The summed E-state index contributed by atoms with van der Waals surface area (Å²) in [6.07, 6.45) is 8.30. The van der Waals surface area contributed by atoms with Crippen LogP contribution in [0.4, 0.5) is 0 Å². The molecule has 2 heterocycles. The molecule has 2 unspecified atom stereocenters. The third kappa shape index (κ3) is 3.43. The predicted octanol–water partition coefficient (Wildman–Crippen LogP) is 2.02. The molecule has 0 saturated carbocycles. The summed E-state index contributed by atoms with van der Waals surface area (Å²) >= 11 is 0. The van der Waals surface area contributed by atoms with E-state index in [1.165, 1.54) is 58.2 Å². The highest BCUT2D eigenvalue weighted by atomic mass is 16.5. The fourth-order valence-electron chi connectivity index (χ4n) is 3.55. The first kappa shape index (κ1) is 13.3. The second-order valence-electron chi connectivity index (χ2n) is 5.80. The predicted molar refractivity (Wildman–Crippen MR) is 71.3 cm³/mol. The molecule has 1 N–H and O–H groups in total. The van der Waals surface area contributed by atoms with E-state index < -0.39 is 0 Å². The standard InChI is InChI=1S/C14H28N2O/c1-3-7-14(8-5-9-15-14)12-16-10-4-6-13(11-16)17-2/h13,15H,3-12H2,1-2H3. The van der Waals surface area contributed by atoms with Crippen LogP contribution in [-0.2, 0) is 4.74 Å². The van der Waals surface area contributed by atoms with E-state index in [0.717, 1.165) is 6.54 Å². The smallest absolute Gasteiger partial charge is 0.0698 e. The zero-order valence-electron chi connectivity index (χ0n) is 11.5. The van der Waals surface area contributed by atoms with Gasteiger partial charge in [0, 0.05) is 25.7 Å². The van der Waals surface area contributed by atoms with Crippen molar-refractivity contribution in [2.24, 2.45) is 0 Å². The van der Waals surface area contributed by atoms with Crippen molar-refractivity contribution in [2.45, 2.75) is 57.1 Å². The van der Waals surface area contributed by atoms with Crippen LogP contribution < -0.4 is 5.32 Å². The average molecular weight is 240 g/mol. The second kappa shape index (κ2) is 6.17. The van der Waals surface area contributed by atoms with Gasteiger partial charge in [0.15, 0.2) is 0 Å². The molecule has 17 heavy (non-hydrogen) atoms. The minimum absolute atomic E-state index is 0.407. The Kier molecular flexibility index (Phi) is 4.83. The molecule has 0 radical (unpaired) electrons. The van der Waals surface area contributed by atoms with Crippen molar-refractivity contribution >= 4 is 0 Å². The number of hydrogen-bond acceptors (Lipinski definition) is 3. The normalized spacial score (nSPS) is 35.3. The summed E-state index contributed by atoms with van der Waals surface area (Å²) < 4.78 is 5.52. The third-order valence-electron chi connectivity index (χ3n) is 4.38. The molecule has 2 atom stereocenters. The molecule has 0 aromatic carbocycles. The highest BCUT2D eigenvalue weighted by Crippen LogP contribution is 2.27. The summed E-state index contributed by atoms with van der Waals surface area (Å²) in [6.45, 7) is 7.12. The first-order valence-corrected chi connectivity index (χ1v) is 7.28. The molecule has 0 aliphatic carbocycles. The molecule has 0 aromatic rings. The van der Waals surface area contributed by atoms with E-state index in [2.05, 4.69) is 17.1 Å². The van der Waals surface area contributed by atoms with Crippen molar-refractivity contribution in [3.63, 3.8) is 0 Å². The van der Waals surface area contributed by atoms with Gasteiger partial charge in [0.25, 0.3) is 0 Å². The summed E-state index contributed by atoms with van der Waals surface area (Å²) in [6, 6.07) is 0. The van der Waals surface area contributed by atoms with Crippen LogP contribution in [0.3, 0.4) is 0 Å². The number of piperidine rings is 1. The van der Waals surface area contributed by atoms with Gasteiger partial charge in [-0.15, -0.1) is 0 Å². The van der Waals surface area contributed by atoms with Gasteiger partial charge < -0.3 is 10.1 Å². The minimum atomic E-state index is 0.407. The lowest BCUT2D eigenvalue weighted by Crippen LogP contribution is -2.53. The molecule has 2 fully saturated rings. The summed E-state index contributed by atoms with van der Waals surface area (Å²) in [7, 11) is 1.85. The van der Waals surface area contributed by atoms with Crippen LogP contribution in [0.25, 0.3) is 0 Å². The summed E-state index contributed by atoms with van der Waals surface area (Å²) in [4.78, 5) is 2.62. The Bertz CT molecular complexity index is 226. The van der Waals surface area contributed by atoms with Gasteiger partial charge in [-0.1, -0.05) is 13.3 Å². The average Bonchev–Trinajstić information content (AvgIpc) is 2.78. The van der Waals surface area contributed by atoms with E-state index in [1.807, 2.05) is 7.11 Å². The molecule has 3 heteroatoms. The van der Waals surface area contributed by atoms with Gasteiger partial charge in [-0.2, -0.15) is 0 Å². The molecule has 3 nitrogen and oxygen atoms in total. The van der Waals surface area contributed by atoms with Gasteiger partial charge in [0.1, 0.15) is 0 Å². The lowest BCUT2D eigenvalue weighted by molar-refractivity contribution is 0.0209. The zero-order valence-corrected chi connectivity index (χ0v) is 11.5. The number of nitrogens with zero attached hydrogens (tertiary/aromatic N) is 1. The van der Waals surface area contributed by atoms with Gasteiger partial charge in [-0.05, 0) is 45.2 Å². The molecular formula is C14H28N2O. The Morgan fingerprint density at radius 1 is 1.41 bits per heavy atom. The van der Waals surface area contributed by atoms with Crippen LogP contribution in [0.5, 0.6) is 0 Å². The quantitative estimate of drug-likeness (QED) is 0.795. The maximum atomic E-state index is 5.52. The van der Waals surface area contributed by atoms with Crippen molar-refractivity contribution in [1.82, 2.24) is 10.2 Å². The topological polar surface area (TPSA) is 24.5 Å². The van der Waals surface area contributed by atoms with Gasteiger partial charge in [0.05, 0.1) is 6.10 Å². The first-order valence-electron chi connectivity index (χ1n) is 7.28. The van der Waals surface area contributed by atoms with Gasteiger partial charge in [0.2, 0.25) is 0 Å². The monoisotopic (exact) mass is 240 g/mol. The van der Waals surface area contributed by atoms with Crippen LogP contribution in [0.2, 0.25) is 0 Å². The zero-order chi connectivity index (χ0) is 12.1.